The maximum absolute atomic E-state index is 11.0. The van der Waals surface area contributed by atoms with Crippen LogP contribution >= 0.6 is 35.0 Å². The number of nitro groups is 1. The van der Waals surface area contributed by atoms with E-state index in [1.807, 2.05) is 0 Å². The van der Waals surface area contributed by atoms with Crippen molar-refractivity contribution in [3.8, 4) is 0 Å². The minimum absolute atomic E-state index is 0.0419. The minimum atomic E-state index is -1.15. The first-order valence-electron chi connectivity index (χ1n) is 5.39. The number of carbonyl (C=O) groups is 1. The van der Waals surface area contributed by atoms with Gasteiger partial charge in [-0.15, -0.1) is 0 Å². The predicted octanol–water partition coefficient (Wildman–Crippen LogP) is 4.15. The SMILES string of the molecule is O=C(O)c1cc(Sc2ncc([N+](=O)[O-])cc2Cl)ccc1Cl. The Hall–Kier alpha value is -1.83. The molecule has 1 aromatic carbocycles. The number of nitrogens with zero attached hydrogens (tertiary/aromatic N) is 2. The maximum Gasteiger partial charge on any atom is 0.337 e. The molecule has 0 amide bonds. The lowest BCUT2D eigenvalue weighted by Crippen LogP contribution is -1.97. The molecule has 0 aliphatic carbocycles. The van der Waals surface area contributed by atoms with Crippen LogP contribution in [0.1, 0.15) is 10.4 Å². The summed E-state index contributed by atoms with van der Waals surface area (Å²) in [5.41, 5.74) is -0.258. The van der Waals surface area contributed by atoms with E-state index < -0.39 is 10.9 Å². The van der Waals surface area contributed by atoms with Crippen molar-refractivity contribution >= 4 is 46.6 Å². The van der Waals surface area contributed by atoms with Crippen molar-refractivity contribution in [1.82, 2.24) is 4.98 Å². The van der Waals surface area contributed by atoms with E-state index in [0.29, 0.717) is 9.92 Å². The molecular formula is C12H6Cl2N2O4S. The topological polar surface area (TPSA) is 93.3 Å². The smallest absolute Gasteiger partial charge is 0.337 e. The van der Waals surface area contributed by atoms with Crippen LogP contribution in [0, 0.1) is 10.1 Å². The molecule has 0 aliphatic heterocycles. The third kappa shape index (κ3) is 3.63. The summed E-state index contributed by atoms with van der Waals surface area (Å²) in [6.45, 7) is 0. The number of aromatic carboxylic acids is 1. The van der Waals surface area contributed by atoms with E-state index in [1.54, 1.807) is 6.07 Å². The second-order valence-corrected chi connectivity index (χ2v) is 5.66. The Kier molecular flexibility index (Phi) is 4.66. The van der Waals surface area contributed by atoms with Crippen molar-refractivity contribution in [2.75, 3.05) is 0 Å². The van der Waals surface area contributed by atoms with Crippen LogP contribution in [-0.4, -0.2) is 21.0 Å². The van der Waals surface area contributed by atoms with E-state index in [4.69, 9.17) is 28.3 Å². The van der Waals surface area contributed by atoms with Crippen LogP contribution in [0.15, 0.2) is 40.4 Å². The molecule has 21 heavy (non-hydrogen) atoms. The first-order valence-corrected chi connectivity index (χ1v) is 6.96. The van der Waals surface area contributed by atoms with Gasteiger partial charge in [0.25, 0.3) is 5.69 Å². The van der Waals surface area contributed by atoms with Crippen molar-refractivity contribution in [2.24, 2.45) is 0 Å². The summed E-state index contributed by atoms with van der Waals surface area (Å²) in [6, 6.07) is 5.63. The van der Waals surface area contributed by atoms with Crippen molar-refractivity contribution in [1.29, 1.82) is 0 Å². The summed E-state index contributed by atoms with van der Waals surface area (Å²) in [6.07, 6.45) is 1.09. The van der Waals surface area contributed by atoms with Gasteiger partial charge in [0.15, 0.2) is 0 Å². The van der Waals surface area contributed by atoms with Crippen molar-refractivity contribution < 1.29 is 14.8 Å². The molecule has 0 saturated carbocycles. The van der Waals surface area contributed by atoms with Crippen molar-refractivity contribution in [2.45, 2.75) is 9.92 Å². The summed E-state index contributed by atoms with van der Waals surface area (Å²) in [5.74, 6) is -1.15. The third-order valence-corrected chi connectivity index (χ3v) is 4.12. The number of benzene rings is 1. The zero-order valence-corrected chi connectivity index (χ0v) is 12.4. The lowest BCUT2D eigenvalue weighted by molar-refractivity contribution is -0.385. The minimum Gasteiger partial charge on any atom is -0.478 e. The average molecular weight is 345 g/mol. The number of hydrogen-bond donors (Lipinski definition) is 1. The van der Waals surface area contributed by atoms with Gasteiger partial charge in [0, 0.05) is 11.0 Å². The Balaban J connectivity index is 2.32. The maximum atomic E-state index is 11.0. The van der Waals surface area contributed by atoms with Crippen molar-refractivity contribution in [3.05, 3.63) is 56.2 Å². The molecule has 0 saturated heterocycles. The highest BCUT2D eigenvalue weighted by atomic mass is 35.5. The second kappa shape index (κ2) is 6.30. The van der Waals surface area contributed by atoms with Crippen LogP contribution < -0.4 is 0 Å². The zero-order valence-electron chi connectivity index (χ0n) is 10.1. The molecule has 0 fully saturated rings. The van der Waals surface area contributed by atoms with Gasteiger partial charge in [0.05, 0.1) is 20.5 Å². The summed E-state index contributed by atoms with van der Waals surface area (Å²) in [4.78, 5) is 25.5. The highest BCUT2D eigenvalue weighted by Gasteiger charge is 2.14. The molecule has 2 rings (SSSR count). The molecular weight excluding hydrogens is 339 g/mol. The molecule has 0 unspecified atom stereocenters. The number of aromatic nitrogens is 1. The Morgan fingerprint density at radius 2 is 2.00 bits per heavy atom. The summed E-state index contributed by atoms with van der Waals surface area (Å²) in [5, 5.41) is 20.2. The van der Waals surface area contributed by atoms with Gasteiger partial charge in [-0.05, 0) is 18.2 Å². The first kappa shape index (κ1) is 15.6. The lowest BCUT2D eigenvalue weighted by Gasteiger charge is -2.05. The fourth-order valence-electron chi connectivity index (χ4n) is 1.43. The van der Waals surface area contributed by atoms with E-state index in [0.717, 1.165) is 18.0 Å². The lowest BCUT2D eigenvalue weighted by atomic mass is 10.2. The second-order valence-electron chi connectivity index (χ2n) is 3.79. The monoisotopic (exact) mass is 344 g/mol. The van der Waals surface area contributed by atoms with E-state index in [1.165, 1.54) is 18.2 Å². The fourth-order valence-corrected chi connectivity index (χ4v) is 2.71. The number of rotatable bonds is 4. The molecule has 0 aliphatic rings. The quantitative estimate of drug-likeness (QED) is 0.661. The van der Waals surface area contributed by atoms with Gasteiger partial charge < -0.3 is 5.11 Å². The van der Waals surface area contributed by atoms with Crippen LogP contribution in [0.2, 0.25) is 10.0 Å². The Morgan fingerprint density at radius 1 is 1.29 bits per heavy atom. The number of pyridine rings is 1. The van der Waals surface area contributed by atoms with Gasteiger partial charge in [-0.25, -0.2) is 9.78 Å². The molecule has 0 spiro atoms. The predicted molar refractivity (Wildman–Crippen MR) is 78.4 cm³/mol. The average Bonchev–Trinajstić information content (AvgIpc) is 2.42. The Labute approximate surface area is 132 Å². The third-order valence-electron chi connectivity index (χ3n) is 2.39. The van der Waals surface area contributed by atoms with E-state index in [9.17, 15) is 14.9 Å². The first-order chi connectivity index (χ1) is 9.88. The van der Waals surface area contributed by atoms with Crippen molar-refractivity contribution in [3.63, 3.8) is 0 Å². The molecule has 0 radical (unpaired) electrons. The van der Waals surface area contributed by atoms with Gasteiger partial charge in [0.1, 0.15) is 11.2 Å². The molecule has 2 aromatic rings. The number of carboxylic acids is 1. The van der Waals surface area contributed by atoms with Gasteiger partial charge >= 0.3 is 5.97 Å². The molecule has 1 aromatic heterocycles. The van der Waals surface area contributed by atoms with Crippen LogP contribution in [-0.2, 0) is 0 Å². The summed E-state index contributed by atoms with van der Waals surface area (Å²) < 4.78 is 0. The highest BCUT2D eigenvalue weighted by molar-refractivity contribution is 7.99. The fraction of sp³-hybridized carbons (Fsp3) is 0. The molecule has 9 heteroatoms. The molecule has 1 N–H and O–H groups in total. The summed E-state index contributed by atoms with van der Waals surface area (Å²) in [7, 11) is 0. The standard InChI is InChI=1S/C12H6Cl2N2O4S/c13-9-2-1-7(4-8(9)12(17)18)21-11-10(14)3-6(5-15-11)16(19)20/h1-5H,(H,17,18). The van der Waals surface area contributed by atoms with Gasteiger partial charge in [-0.1, -0.05) is 35.0 Å². The van der Waals surface area contributed by atoms with Gasteiger partial charge in [0.2, 0.25) is 0 Å². The number of carboxylic acid groups (broad SMARTS) is 1. The van der Waals surface area contributed by atoms with Gasteiger partial charge in [-0.3, -0.25) is 10.1 Å². The molecule has 1 heterocycles. The van der Waals surface area contributed by atoms with Crippen LogP contribution in [0.3, 0.4) is 0 Å². The Bertz CT molecular complexity index is 739. The van der Waals surface area contributed by atoms with Crippen LogP contribution in [0.4, 0.5) is 5.69 Å². The number of hydrogen-bond acceptors (Lipinski definition) is 5. The van der Waals surface area contributed by atoms with E-state index in [-0.39, 0.29) is 21.3 Å². The summed E-state index contributed by atoms with van der Waals surface area (Å²) >= 11 is 12.8. The molecule has 108 valence electrons. The molecule has 6 nitrogen and oxygen atoms in total. The van der Waals surface area contributed by atoms with E-state index in [2.05, 4.69) is 4.98 Å². The normalized spacial score (nSPS) is 10.4. The van der Waals surface area contributed by atoms with E-state index >= 15 is 0 Å². The molecule has 0 bridgehead atoms. The zero-order chi connectivity index (χ0) is 15.6. The highest BCUT2D eigenvalue weighted by Crippen LogP contribution is 2.34. The Morgan fingerprint density at radius 3 is 2.57 bits per heavy atom. The van der Waals surface area contributed by atoms with Crippen LogP contribution in [0.5, 0.6) is 0 Å². The number of halogens is 2. The largest absolute Gasteiger partial charge is 0.478 e. The van der Waals surface area contributed by atoms with Crippen LogP contribution in [0.25, 0.3) is 0 Å². The molecule has 0 atom stereocenters. The van der Waals surface area contributed by atoms with Gasteiger partial charge in [-0.2, -0.15) is 0 Å².